The van der Waals surface area contributed by atoms with Gasteiger partial charge in [-0.15, -0.1) is 0 Å². The highest BCUT2D eigenvalue weighted by molar-refractivity contribution is 7.80. The molecule has 1 heterocycles. The fourth-order valence-electron chi connectivity index (χ4n) is 3.48. The Kier molecular flexibility index (Phi) is 6.73. The number of esters is 1. The molecular formula is C25H21ClN2O3S. The predicted molar refractivity (Wildman–Crippen MR) is 129 cm³/mol. The van der Waals surface area contributed by atoms with E-state index in [-0.39, 0.29) is 0 Å². The van der Waals surface area contributed by atoms with E-state index in [2.05, 4.69) is 10.6 Å². The SMILES string of the molecule is COC(=O)C1=C(c2ccccc2)NC(=S)N[C@@H]1c1ccc(OCc2ccc(Cl)cc2)cc1. The van der Waals surface area contributed by atoms with E-state index in [0.29, 0.717) is 33.8 Å². The van der Waals surface area contributed by atoms with E-state index in [4.69, 9.17) is 33.3 Å². The van der Waals surface area contributed by atoms with E-state index in [1.165, 1.54) is 7.11 Å². The van der Waals surface area contributed by atoms with E-state index in [1.54, 1.807) is 0 Å². The Morgan fingerprint density at radius 2 is 1.69 bits per heavy atom. The minimum Gasteiger partial charge on any atom is -0.489 e. The summed E-state index contributed by atoms with van der Waals surface area (Å²) in [6.07, 6.45) is 0. The molecule has 7 heteroatoms. The molecule has 3 aromatic carbocycles. The average molecular weight is 465 g/mol. The first-order chi connectivity index (χ1) is 15.5. The van der Waals surface area contributed by atoms with Crippen LogP contribution in [0.4, 0.5) is 0 Å². The molecule has 0 saturated carbocycles. The van der Waals surface area contributed by atoms with Crippen molar-refractivity contribution in [2.24, 2.45) is 0 Å². The second-order valence-corrected chi connectivity index (χ2v) is 8.01. The maximum Gasteiger partial charge on any atom is 0.338 e. The molecule has 0 spiro atoms. The van der Waals surface area contributed by atoms with Gasteiger partial charge in [0.05, 0.1) is 24.4 Å². The third-order valence-electron chi connectivity index (χ3n) is 5.07. The van der Waals surface area contributed by atoms with Gasteiger partial charge in [-0.05, 0) is 53.2 Å². The van der Waals surface area contributed by atoms with Crippen molar-refractivity contribution in [2.45, 2.75) is 12.6 Å². The van der Waals surface area contributed by atoms with Crippen LogP contribution in [0.3, 0.4) is 0 Å². The van der Waals surface area contributed by atoms with Gasteiger partial charge in [-0.3, -0.25) is 0 Å². The van der Waals surface area contributed by atoms with Crippen LogP contribution in [0.2, 0.25) is 5.02 Å². The van der Waals surface area contributed by atoms with Gasteiger partial charge in [-0.25, -0.2) is 4.79 Å². The molecular weight excluding hydrogens is 444 g/mol. The quantitative estimate of drug-likeness (QED) is 0.394. The Balaban J connectivity index is 1.61. The zero-order valence-corrected chi connectivity index (χ0v) is 18.9. The van der Waals surface area contributed by atoms with Crippen molar-refractivity contribution in [1.82, 2.24) is 10.6 Å². The molecule has 3 aromatic rings. The lowest BCUT2D eigenvalue weighted by atomic mass is 9.93. The Labute approximate surface area is 197 Å². The number of halogens is 1. The molecule has 4 rings (SSSR count). The largest absolute Gasteiger partial charge is 0.489 e. The Morgan fingerprint density at radius 1 is 1.00 bits per heavy atom. The van der Waals surface area contributed by atoms with Crippen LogP contribution in [-0.4, -0.2) is 18.2 Å². The van der Waals surface area contributed by atoms with Gasteiger partial charge in [-0.2, -0.15) is 0 Å². The molecule has 0 radical (unpaired) electrons. The van der Waals surface area contributed by atoms with Crippen LogP contribution >= 0.6 is 23.8 Å². The van der Waals surface area contributed by atoms with Crippen LogP contribution < -0.4 is 15.4 Å². The second-order valence-electron chi connectivity index (χ2n) is 7.16. The summed E-state index contributed by atoms with van der Waals surface area (Å²) in [5.41, 5.74) is 3.83. The van der Waals surface area contributed by atoms with Gasteiger partial charge in [0.2, 0.25) is 0 Å². The zero-order chi connectivity index (χ0) is 22.5. The van der Waals surface area contributed by atoms with Crippen molar-refractivity contribution < 1.29 is 14.3 Å². The summed E-state index contributed by atoms with van der Waals surface area (Å²) in [4.78, 5) is 12.8. The first-order valence-electron chi connectivity index (χ1n) is 9.98. The molecule has 1 atom stereocenters. The summed E-state index contributed by atoms with van der Waals surface area (Å²) in [5, 5.41) is 7.43. The standard InChI is InChI=1S/C25H21ClN2O3S/c1-30-24(29)21-22(17-5-3-2-4-6-17)27-25(32)28-23(21)18-9-13-20(14-10-18)31-15-16-7-11-19(26)12-8-16/h2-14,23H,15H2,1H3,(H2,27,28,32)/t23-/m1/s1. The van der Waals surface area contributed by atoms with Crippen molar-refractivity contribution in [1.29, 1.82) is 0 Å². The molecule has 162 valence electrons. The van der Waals surface area contributed by atoms with Gasteiger partial charge < -0.3 is 20.1 Å². The number of nitrogens with one attached hydrogen (secondary N) is 2. The average Bonchev–Trinajstić information content (AvgIpc) is 2.83. The van der Waals surface area contributed by atoms with E-state index in [1.807, 2.05) is 78.9 Å². The first-order valence-corrected chi connectivity index (χ1v) is 10.8. The van der Waals surface area contributed by atoms with Crippen molar-refractivity contribution in [2.75, 3.05) is 7.11 Å². The maximum absolute atomic E-state index is 12.8. The van der Waals surface area contributed by atoms with Gasteiger partial charge in [0, 0.05) is 5.02 Å². The third kappa shape index (κ3) is 4.93. The molecule has 0 fully saturated rings. The summed E-state index contributed by atoms with van der Waals surface area (Å²) < 4.78 is 11.0. The number of rotatable bonds is 6. The van der Waals surface area contributed by atoms with Crippen LogP contribution in [0.15, 0.2) is 84.4 Å². The highest BCUT2D eigenvalue weighted by Crippen LogP contribution is 2.32. The summed E-state index contributed by atoms with van der Waals surface area (Å²) in [7, 11) is 1.37. The van der Waals surface area contributed by atoms with Crippen molar-refractivity contribution >= 4 is 40.6 Å². The zero-order valence-electron chi connectivity index (χ0n) is 17.3. The van der Waals surface area contributed by atoms with Crippen molar-refractivity contribution in [3.8, 4) is 5.75 Å². The summed E-state index contributed by atoms with van der Waals surface area (Å²) in [6.45, 7) is 0.428. The second kappa shape index (κ2) is 9.85. The normalized spacial score (nSPS) is 15.6. The summed E-state index contributed by atoms with van der Waals surface area (Å²) in [6, 6.07) is 24.2. The Morgan fingerprint density at radius 3 is 2.34 bits per heavy atom. The van der Waals surface area contributed by atoms with Gasteiger partial charge in [0.1, 0.15) is 12.4 Å². The highest BCUT2D eigenvalue weighted by Gasteiger charge is 2.32. The van der Waals surface area contributed by atoms with E-state index in [0.717, 1.165) is 16.7 Å². The Bertz CT molecular complexity index is 1150. The number of methoxy groups -OCH3 is 1. The van der Waals surface area contributed by atoms with E-state index >= 15 is 0 Å². The summed E-state index contributed by atoms with van der Waals surface area (Å²) >= 11 is 11.4. The first kappa shape index (κ1) is 21.9. The molecule has 0 aliphatic carbocycles. The van der Waals surface area contributed by atoms with Crippen molar-refractivity contribution in [3.05, 3.63) is 106 Å². The molecule has 0 bridgehead atoms. The number of hydrogen-bond donors (Lipinski definition) is 2. The monoisotopic (exact) mass is 464 g/mol. The van der Waals surface area contributed by atoms with Crippen LogP contribution in [0, 0.1) is 0 Å². The molecule has 5 nitrogen and oxygen atoms in total. The molecule has 1 aliphatic rings. The van der Waals surface area contributed by atoms with E-state index < -0.39 is 12.0 Å². The van der Waals surface area contributed by atoms with Crippen LogP contribution in [0.25, 0.3) is 5.70 Å². The number of carbonyl (C=O) groups excluding carboxylic acids is 1. The maximum atomic E-state index is 12.8. The molecule has 1 aliphatic heterocycles. The molecule has 32 heavy (non-hydrogen) atoms. The molecule has 0 saturated heterocycles. The Hall–Kier alpha value is -3.35. The van der Waals surface area contributed by atoms with Gasteiger partial charge in [0.25, 0.3) is 0 Å². The molecule has 2 N–H and O–H groups in total. The van der Waals surface area contributed by atoms with Gasteiger partial charge in [-0.1, -0.05) is 66.2 Å². The van der Waals surface area contributed by atoms with Gasteiger partial charge >= 0.3 is 5.97 Å². The lowest BCUT2D eigenvalue weighted by Gasteiger charge is -2.31. The molecule has 0 aromatic heterocycles. The topological polar surface area (TPSA) is 59.6 Å². The fraction of sp³-hybridized carbons (Fsp3) is 0.120. The minimum absolute atomic E-state index is 0.428. The third-order valence-corrected chi connectivity index (χ3v) is 5.54. The highest BCUT2D eigenvalue weighted by atomic mass is 35.5. The number of ether oxygens (including phenoxy) is 2. The lowest BCUT2D eigenvalue weighted by Crippen LogP contribution is -2.45. The van der Waals surface area contributed by atoms with Gasteiger partial charge in [0.15, 0.2) is 5.11 Å². The minimum atomic E-state index is -0.461. The summed E-state index contributed by atoms with van der Waals surface area (Å²) in [5.74, 6) is 0.284. The number of thiocarbonyl (C=S) groups is 1. The predicted octanol–water partition coefficient (Wildman–Crippen LogP) is 5.02. The van der Waals surface area contributed by atoms with Crippen LogP contribution in [0.1, 0.15) is 22.7 Å². The number of benzene rings is 3. The smallest absolute Gasteiger partial charge is 0.338 e. The number of carbonyl (C=O) groups is 1. The fourth-order valence-corrected chi connectivity index (χ4v) is 3.83. The van der Waals surface area contributed by atoms with Crippen LogP contribution in [0.5, 0.6) is 5.75 Å². The van der Waals surface area contributed by atoms with Crippen LogP contribution in [-0.2, 0) is 16.1 Å². The van der Waals surface area contributed by atoms with E-state index in [9.17, 15) is 4.79 Å². The lowest BCUT2D eigenvalue weighted by molar-refractivity contribution is -0.136. The number of hydrogen-bond acceptors (Lipinski definition) is 4. The molecule has 0 unspecified atom stereocenters. The van der Waals surface area contributed by atoms with Crippen molar-refractivity contribution in [3.63, 3.8) is 0 Å². The molecule has 0 amide bonds.